The lowest BCUT2D eigenvalue weighted by atomic mass is 9.98. The topological polar surface area (TPSA) is 97.6 Å². The van der Waals surface area contributed by atoms with Gasteiger partial charge in [-0.25, -0.2) is 0 Å². The number of carbonyl (C=O) groups excluding carboxylic acids is 2. The predicted octanol–water partition coefficient (Wildman–Crippen LogP) is 4.52. The highest BCUT2D eigenvalue weighted by atomic mass is 35.5. The summed E-state index contributed by atoms with van der Waals surface area (Å²) in [5.41, 5.74) is 1.43. The molecule has 1 fully saturated rings. The summed E-state index contributed by atoms with van der Waals surface area (Å²) in [5, 5.41) is 7.56. The number of halogens is 1. The highest BCUT2D eigenvalue weighted by Gasteiger charge is 2.29. The zero-order valence-corrected chi connectivity index (χ0v) is 19.0. The monoisotopic (exact) mass is 468 g/mol. The van der Waals surface area contributed by atoms with Gasteiger partial charge in [0.05, 0.1) is 5.92 Å². The lowest BCUT2D eigenvalue weighted by Crippen LogP contribution is -2.41. The molecule has 1 N–H and O–H groups in total. The molecule has 9 heteroatoms. The van der Waals surface area contributed by atoms with Crippen molar-refractivity contribution in [1.29, 1.82) is 0 Å². The molecule has 0 spiro atoms. The SMILES string of the molecule is CCC(=O)Nc1cccc(-c2noc(C3CCCN(C(=O)COc4ccc(Cl)cc4)C3)n2)c1. The number of hydrogen-bond acceptors (Lipinski definition) is 6. The van der Waals surface area contributed by atoms with E-state index < -0.39 is 0 Å². The quantitative estimate of drug-likeness (QED) is 0.547. The minimum Gasteiger partial charge on any atom is -0.484 e. The summed E-state index contributed by atoms with van der Waals surface area (Å²) in [5.74, 6) is 1.36. The summed E-state index contributed by atoms with van der Waals surface area (Å²) < 4.78 is 11.1. The first-order valence-corrected chi connectivity index (χ1v) is 11.3. The van der Waals surface area contributed by atoms with Crippen molar-refractivity contribution < 1.29 is 18.8 Å². The molecule has 0 radical (unpaired) electrons. The van der Waals surface area contributed by atoms with Crippen LogP contribution in [0.1, 0.15) is 38.0 Å². The molecule has 2 heterocycles. The van der Waals surface area contributed by atoms with E-state index in [1.807, 2.05) is 24.3 Å². The van der Waals surface area contributed by atoms with Crippen LogP contribution in [0.3, 0.4) is 0 Å². The van der Waals surface area contributed by atoms with Crippen molar-refractivity contribution >= 4 is 29.1 Å². The molecule has 2 amide bonds. The first-order valence-electron chi connectivity index (χ1n) is 10.9. The molecule has 3 aromatic rings. The van der Waals surface area contributed by atoms with Crippen LogP contribution in [-0.2, 0) is 9.59 Å². The highest BCUT2D eigenvalue weighted by Crippen LogP contribution is 2.28. The number of rotatable bonds is 7. The van der Waals surface area contributed by atoms with Gasteiger partial charge in [0.2, 0.25) is 17.6 Å². The van der Waals surface area contributed by atoms with Gasteiger partial charge in [0.25, 0.3) is 5.91 Å². The lowest BCUT2D eigenvalue weighted by molar-refractivity contribution is -0.134. The molecule has 1 aliphatic rings. The van der Waals surface area contributed by atoms with Crippen LogP contribution in [0.2, 0.25) is 5.02 Å². The second-order valence-corrected chi connectivity index (χ2v) is 8.30. The van der Waals surface area contributed by atoms with Crippen molar-refractivity contribution in [3.05, 3.63) is 59.4 Å². The molecule has 172 valence electrons. The van der Waals surface area contributed by atoms with Gasteiger partial charge in [0.1, 0.15) is 5.75 Å². The van der Waals surface area contributed by atoms with Crippen LogP contribution in [0, 0.1) is 0 Å². The first-order chi connectivity index (χ1) is 16.0. The van der Waals surface area contributed by atoms with Crippen molar-refractivity contribution in [2.24, 2.45) is 0 Å². The Bertz CT molecular complexity index is 1120. The zero-order valence-electron chi connectivity index (χ0n) is 18.3. The van der Waals surface area contributed by atoms with Gasteiger partial charge >= 0.3 is 0 Å². The molecule has 33 heavy (non-hydrogen) atoms. The third-order valence-electron chi connectivity index (χ3n) is 5.47. The van der Waals surface area contributed by atoms with Gasteiger partial charge in [0.15, 0.2) is 6.61 Å². The molecule has 1 saturated heterocycles. The molecule has 1 aliphatic heterocycles. The average molecular weight is 469 g/mol. The van der Waals surface area contributed by atoms with Crippen LogP contribution in [-0.4, -0.2) is 46.6 Å². The number of amides is 2. The number of aromatic nitrogens is 2. The summed E-state index contributed by atoms with van der Waals surface area (Å²) in [6, 6.07) is 14.2. The fourth-order valence-corrected chi connectivity index (χ4v) is 3.80. The fraction of sp³-hybridized carbons (Fsp3) is 0.333. The standard InChI is InChI=1S/C24H25ClN4O4/c1-2-21(30)26-19-7-3-5-16(13-19)23-27-24(33-28-23)17-6-4-12-29(14-17)22(31)15-32-20-10-8-18(25)9-11-20/h3,5,7-11,13,17H,2,4,6,12,14-15H2,1H3,(H,26,30). The molecule has 2 aromatic carbocycles. The van der Waals surface area contributed by atoms with E-state index >= 15 is 0 Å². The zero-order chi connectivity index (χ0) is 23.2. The van der Waals surface area contributed by atoms with Crippen molar-refractivity contribution in [2.45, 2.75) is 32.1 Å². The number of likely N-dealkylation sites (tertiary alicyclic amines) is 1. The smallest absolute Gasteiger partial charge is 0.260 e. The van der Waals surface area contributed by atoms with Gasteiger partial charge in [-0.1, -0.05) is 35.8 Å². The Morgan fingerprint density at radius 3 is 2.85 bits per heavy atom. The van der Waals surface area contributed by atoms with E-state index in [2.05, 4.69) is 15.5 Å². The van der Waals surface area contributed by atoms with Crippen LogP contribution in [0.5, 0.6) is 5.75 Å². The van der Waals surface area contributed by atoms with E-state index in [9.17, 15) is 9.59 Å². The molecule has 1 aromatic heterocycles. The maximum Gasteiger partial charge on any atom is 0.260 e. The van der Waals surface area contributed by atoms with Gasteiger partial charge in [-0.3, -0.25) is 9.59 Å². The maximum atomic E-state index is 12.7. The van der Waals surface area contributed by atoms with E-state index in [0.29, 0.717) is 47.7 Å². The first kappa shape index (κ1) is 22.8. The second kappa shape index (κ2) is 10.5. The Morgan fingerprint density at radius 2 is 2.06 bits per heavy atom. The van der Waals surface area contributed by atoms with Crippen molar-refractivity contribution in [3.63, 3.8) is 0 Å². The van der Waals surface area contributed by atoms with Crippen LogP contribution < -0.4 is 10.1 Å². The predicted molar refractivity (Wildman–Crippen MR) is 124 cm³/mol. The maximum absolute atomic E-state index is 12.7. The van der Waals surface area contributed by atoms with Gasteiger partial charge in [0, 0.05) is 35.8 Å². The lowest BCUT2D eigenvalue weighted by Gasteiger charge is -2.30. The van der Waals surface area contributed by atoms with E-state index in [0.717, 1.165) is 18.4 Å². The number of anilines is 1. The van der Waals surface area contributed by atoms with Gasteiger partial charge < -0.3 is 19.5 Å². The van der Waals surface area contributed by atoms with E-state index in [-0.39, 0.29) is 24.3 Å². The Kier molecular flexibility index (Phi) is 7.24. The molecule has 0 bridgehead atoms. The average Bonchev–Trinajstić information content (AvgIpc) is 3.34. The van der Waals surface area contributed by atoms with Gasteiger partial charge in [-0.15, -0.1) is 0 Å². The molecular formula is C24H25ClN4O4. The number of nitrogens with zero attached hydrogens (tertiary/aromatic N) is 3. The van der Waals surface area contributed by atoms with Crippen LogP contribution in [0.4, 0.5) is 5.69 Å². The Hall–Kier alpha value is -3.39. The summed E-state index contributed by atoms with van der Waals surface area (Å²) in [6.07, 6.45) is 2.10. The molecule has 0 saturated carbocycles. The number of ether oxygens (including phenoxy) is 1. The third kappa shape index (κ3) is 5.90. The number of nitrogens with one attached hydrogen (secondary N) is 1. The molecule has 1 atom stereocenters. The van der Waals surface area contributed by atoms with E-state index in [1.165, 1.54) is 0 Å². The van der Waals surface area contributed by atoms with E-state index in [4.69, 9.17) is 20.9 Å². The summed E-state index contributed by atoms with van der Waals surface area (Å²) in [4.78, 5) is 30.7. The molecule has 8 nitrogen and oxygen atoms in total. The second-order valence-electron chi connectivity index (χ2n) is 7.86. The number of benzene rings is 2. The number of piperidine rings is 1. The third-order valence-corrected chi connectivity index (χ3v) is 5.72. The van der Waals surface area contributed by atoms with Crippen molar-refractivity contribution in [3.8, 4) is 17.1 Å². The van der Waals surface area contributed by atoms with Crippen molar-refractivity contribution in [2.75, 3.05) is 25.0 Å². The molecule has 0 aliphatic carbocycles. The Labute approximate surface area is 196 Å². The summed E-state index contributed by atoms with van der Waals surface area (Å²) in [6.45, 7) is 2.92. The van der Waals surface area contributed by atoms with E-state index in [1.54, 1.807) is 36.1 Å². The Balaban J connectivity index is 1.38. The van der Waals surface area contributed by atoms with Gasteiger partial charge in [-0.05, 0) is 49.2 Å². The number of carbonyl (C=O) groups is 2. The van der Waals surface area contributed by atoms with Crippen LogP contribution in [0.15, 0.2) is 53.1 Å². The minimum atomic E-state index is -0.0891. The normalized spacial score (nSPS) is 15.8. The molecular weight excluding hydrogens is 444 g/mol. The van der Waals surface area contributed by atoms with Gasteiger partial charge in [-0.2, -0.15) is 4.98 Å². The molecule has 1 unspecified atom stereocenters. The molecule has 4 rings (SSSR count). The summed E-state index contributed by atoms with van der Waals surface area (Å²) >= 11 is 5.88. The largest absolute Gasteiger partial charge is 0.484 e. The van der Waals surface area contributed by atoms with Crippen LogP contribution in [0.25, 0.3) is 11.4 Å². The Morgan fingerprint density at radius 1 is 1.24 bits per heavy atom. The highest BCUT2D eigenvalue weighted by molar-refractivity contribution is 6.30. The van der Waals surface area contributed by atoms with Crippen molar-refractivity contribution in [1.82, 2.24) is 15.0 Å². The minimum absolute atomic E-state index is 0.0394. The number of hydrogen-bond donors (Lipinski definition) is 1. The summed E-state index contributed by atoms with van der Waals surface area (Å²) in [7, 11) is 0. The fourth-order valence-electron chi connectivity index (χ4n) is 3.68. The van der Waals surface area contributed by atoms with Crippen LogP contribution >= 0.6 is 11.6 Å².